The summed E-state index contributed by atoms with van der Waals surface area (Å²) in [4.78, 5) is 0. The Labute approximate surface area is 73.9 Å². The third kappa shape index (κ3) is 1.70. The second-order valence-electron chi connectivity index (χ2n) is 4.04. The average Bonchev–Trinajstić information content (AvgIpc) is 2.00. The van der Waals surface area contributed by atoms with Crippen molar-refractivity contribution < 1.29 is 10.2 Å². The fourth-order valence-corrected chi connectivity index (χ4v) is 1.87. The Morgan fingerprint density at radius 3 is 2.50 bits per heavy atom. The van der Waals surface area contributed by atoms with E-state index >= 15 is 0 Å². The van der Waals surface area contributed by atoms with Crippen molar-refractivity contribution in [3.05, 3.63) is 12.2 Å². The van der Waals surface area contributed by atoms with E-state index < -0.39 is 12.2 Å². The second-order valence-corrected chi connectivity index (χ2v) is 4.04. The molecule has 0 bridgehead atoms. The zero-order valence-electron chi connectivity index (χ0n) is 7.83. The maximum atomic E-state index is 9.67. The third-order valence-electron chi connectivity index (χ3n) is 2.84. The molecule has 0 radical (unpaired) electrons. The van der Waals surface area contributed by atoms with E-state index in [2.05, 4.69) is 20.4 Å². The van der Waals surface area contributed by atoms with Crippen LogP contribution in [0, 0.1) is 11.8 Å². The van der Waals surface area contributed by atoms with Gasteiger partial charge in [0.2, 0.25) is 0 Å². The molecule has 1 aliphatic rings. The fraction of sp³-hybridized carbons (Fsp3) is 0.800. The van der Waals surface area contributed by atoms with Crippen LogP contribution >= 0.6 is 0 Å². The highest BCUT2D eigenvalue weighted by atomic mass is 16.3. The predicted molar refractivity (Wildman–Crippen MR) is 48.7 cm³/mol. The summed E-state index contributed by atoms with van der Waals surface area (Å²) in [6.07, 6.45) is 0.493. The van der Waals surface area contributed by atoms with Crippen molar-refractivity contribution in [2.24, 2.45) is 11.8 Å². The number of rotatable bonds is 1. The van der Waals surface area contributed by atoms with E-state index in [4.69, 9.17) is 0 Å². The van der Waals surface area contributed by atoms with Gasteiger partial charge in [0, 0.05) is 0 Å². The Morgan fingerprint density at radius 1 is 1.42 bits per heavy atom. The Kier molecular flexibility index (Phi) is 2.91. The topological polar surface area (TPSA) is 40.5 Å². The lowest BCUT2D eigenvalue weighted by atomic mass is 9.76. The van der Waals surface area contributed by atoms with Crippen molar-refractivity contribution in [1.82, 2.24) is 0 Å². The smallest absolute Gasteiger partial charge is 0.101 e. The monoisotopic (exact) mass is 170 g/mol. The molecule has 0 amide bonds. The molecule has 0 aromatic rings. The highest BCUT2D eigenvalue weighted by molar-refractivity contribution is 5.09. The van der Waals surface area contributed by atoms with E-state index in [0.717, 1.165) is 18.4 Å². The van der Waals surface area contributed by atoms with Crippen LogP contribution < -0.4 is 0 Å². The first-order valence-electron chi connectivity index (χ1n) is 4.58. The van der Waals surface area contributed by atoms with Gasteiger partial charge in [-0.1, -0.05) is 20.4 Å². The quantitative estimate of drug-likeness (QED) is 0.583. The molecule has 0 spiro atoms. The molecule has 3 unspecified atom stereocenters. The Balaban J connectivity index is 2.65. The van der Waals surface area contributed by atoms with Gasteiger partial charge in [-0.05, 0) is 30.3 Å². The van der Waals surface area contributed by atoms with E-state index in [-0.39, 0.29) is 5.92 Å². The van der Waals surface area contributed by atoms with Crippen LogP contribution in [-0.4, -0.2) is 22.4 Å². The van der Waals surface area contributed by atoms with Gasteiger partial charge < -0.3 is 10.2 Å². The van der Waals surface area contributed by atoms with Gasteiger partial charge in [-0.25, -0.2) is 0 Å². The van der Waals surface area contributed by atoms with Crippen molar-refractivity contribution >= 4 is 0 Å². The summed E-state index contributed by atoms with van der Waals surface area (Å²) in [6.45, 7) is 7.89. The summed E-state index contributed by atoms with van der Waals surface area (Å²) in [6, 6.07) is 0. The SMILES string of the molecule is C=C1CCC(C(C)C)C(O)C1O. The molecule has 12 heavy (non-hydrogen) atoms. The highest BCUT2D eigenvalue weighted by Gasteiger charge is 2.34. The standard InChI is InChI=1S/C10H18O2/c1-6(2)8-5-4-7(3)9(11)10(8)12/h6,8-12H,3-5H2,1-2H3. The molecule has 70 valence electrons. The van der Waals surface area contributed by atoms with Crippen LogP contribution in [0.5, 0.6) is 0 Å². The molecule has 1 fully saturated rings. The molecule has 1 aliphatic carbocycles. The maximum absolute atomic E-state index is 9.67. The van der Waals surface area contributed by atoms with Crippen LogP contribution in [0.3, 0.4) is 0 Å². The first-order chi connectivity index (χ1) is 5.54. The molecule has 2 nitrogen and oxygen atoms in total. The summed E-state index contributed by atoms with van der Waals surface area (Å²) >= 11 is 0. The molecule has 3 atom stereocenters. The van der Waals surface area contributed by atoms with Gasteiger partial charge in [-0.2, -0.15) is 0 Å². The first-order valence-corrected chi connectivity index (χ1v) is 4.58. The molecule has 1 rings (SSSR count). The van der Waals surface area contributed by atoms with E-state index in [9.17, 15) is 10.2 Å². The zero-order chi connectivity index (χ0) is 9.30. The molecular weight excluding hydrogens is 152 g/mol. The molecule has 0 heterocycles. The van der Waals surface area contributed by atoms with Crippen LogP contribution in [0.2, 0.25) is 0 Å². The predicted octanol–water partition coefficient (Wildman–Crippen LogP) is 1.33. The lowest BCUT2D eigenvalue weighted by Crippen LogP contribution is -2.40. The number of hydrogen-bond donors (Lipinski definition) is 2. The van der Waals surface area contributed by atoms with Crippen LogP contribution in [0.25, 0.3) is 0 Å². The van der Waals surface area contributed by atoms with Crippen molar-refractivity contribution in [2.75, 3.05) is 0 Å². The minimum Gasteiger partial charge on any atom is -0.390 e. The fourth-order valence-electron chi connectivity index (χ4n) is 1.87. The van der Waals surface area contributed by atoms with Gasteiger partial charge in [0.15, 0.2) is 0 Å². The van der Waals surface area contributed by atoms with Crippen LogP contribution in [0.1, 0.15) is 26.7 Å². The molecule has 1 saturated carbocycles. The summed E-state index contributed by atoms with van der Waals surface area (Å²) in [5.41, 5.74) is 0.777. The van der Waals surface area contributed by atoms with Gasteiger partial charge in [-0.15, -0.1) is 0 Å². The van der Waals surface area contributed by atoms with E-state index in [1.165, 1.54) is 0 Å². The van der Waals surface area contributed by atoms with E-state index in [1.54, 1.807) is 0 Å². The van der Waals surface area contributed by atoms with Gasteiger partial charge in [-0.3, -0.25) is 0 Å². The number of aliphatic hydroxyl groups is 2. The van der Waals surface area contributed by atoms with E-state index in [0.29, 0.717) is 5.92 Å². The summed E-state index contributed by atoms with van der Waals surface area (Å²) in [5, 5.41) is 19.2. The van der Waals surface area contributed by atoms with Gasteiger partial charge in [0.1, 0.15) is 6.10 Å². The average molecular weight is 170 g/mol. The second kappa shape index (κ2) is 3.58. The molecule has 0 saturated heterocycles. The first kappa shape index (κ1) is 9.75. The maximum Gasteiger partial charge on any atom is 0.101 e. The van der Waals surface area contributed by atoms with Crippen molar-refractivity contribution in [2.45, 2.75) is 38.9 Å². The molecule has 0 aromatic carbocycles. The molecule has 2 heteroatoms. The van der Waals surface area contributed by atoms with Crippen molar-refractivity contribution in [3.8, 4) is 0 Å². The van der Waals surface area contributed by atoms with Gasteiger partial charge in [0.25, 0.3) is 0 Å². The van der Waals surface area contributed by atoms with Crippen LogP contribution in [0.15, 0.2) is 12.2 Å². The van der Waals surface area contributed by atoms with Crippen LogP contribution in [-0.2, 0) is 0 Å². The van der Waals surface area contributed by atoms with Crippen molar-refractivity contribution in [3.63, 3.8) is 0 Å². The summed E-state index contributed by atoms with van der Waals surface area (Å²) in [7, 11) is 0. The largest absolute Gasteiger partial charge is 0.390 e. The highest BCUT2D eigenvalue weighted by Crippen LogP contribution is 2.32. The third-order valence-corrected chi connectivity index (χ3v) is 2.84. The Morgan fingerprint density at radius 2 is 2.00 bits per heavy atom. The number of hydrogen-bond acceptors (Lipinski definition) is 2. The van der Waals surface area contributed by atoms with Gasteiger partial charge in [0.05, 0.1) is 6.10 Å². The Hall–Kier alpha value is -0.340. The number of aliphatic hydroxyl groups excluding tert-OH is 2. The van der Waals surface area contributed by atoms with Crippen LogP contribution in [0.4, 0.5) is 0 Å². The zero-order valence-corrected chi connectivity index (χ0v) is 7.83. The van der Waals surface area contributed by atoms with Crippen molar-refractivity contribution in [1.29, 1.82) is 0 Å². The summed E-state index contributed by atoms with van der Waals surface area (Å²) in [5.74, 6) is 0.660. The lowest BCUT2D eigenvalue weighted by Gasteiger charge is -2.35. The normalized spacial score (nSPS) is 37.4. The minimum atomic E-state index is -0.703. The van der Waals surface area contributed by atoms with Gasteiger partial charge >= 0.3 is 0 Å². The summed E-state index contributed by atoms with van der Waals surface area (Å²) < 4.78 is 0. The Bertz CT molecular complexity index is 175. The molecule has 0 aliphatic heterocycles. The van der Waals surface area contributed by atoms with E-state index in [1.807, 2.05) is 0 Å². The lowest BCUT2D eigenvalue weighted by molar-refractivity contribution is -0.0308. The molecule has 2 N–H and O–H groups in total. The molecular formula is C10H18O2. The molecule has 0 aromatic heterocycles. The minimum absolute atomic E-state index is 0.227.